The molecule has 1 aromatic heterocycles. The van der Waals surface area contributed by atoms with Crippen LogP contribution in [0.15, 0.2) is 30.3 Å². The number of aromatic nitrogens is 3. The fourth-order valence-corrected chi connectivity index (χ4v) is 1.59. The van der Waals surface area contributed by atoms with Gasteiger partial charge in [0.05, 0.1) is 0 Å². The number of anilines is 1. The highest BCUT2D eigenvalue weighted by molar-refractivity contribution is 5.92. The van der Waals surface area contributed by atoms with E-state index < -0.39 is 6.10 Å². The molecule has 0 aliphatic heterocycles. The number of hydrogen-bond donors (Lipinski definition) is 1. The molecule has 1 amide bonds. The van der Waals surface area contributed by atoms with Crippen molar-refractivity contribution in [3.63, 3.8) is 0 Å². The first kappa shape index (κ1) is 13.1. The molecule has 1 heterocycles. The Labute approximate surface area is 111 Å². The normalized spacial score (nSPS) is 11.9. The lowest BCUT2D eigenvalue weighted by Gasteiger charge is -2.13. The van der Waals surface area contributed by atoms with Gasteiger partial charge in [0, 0.05) is 7.05 Å². The van der Waals surface area contributed by atoms with Gasteiger partial charge < -0.3 is 4.74 Å². The maximum Gasteiger partial charge on any atom is 0.267 e. The van der Waals surface area contributed by atoms with Crippen LogP contribution in [0, 0.1) is 6.92 Å². The minimum Gasteiger partial charge on any atom is -0.481 e. The molecule has 6 nitrogen and oxygen atoms in total. The lowest BCUT2D eigenvalue weighted by atomic mass is 10.3. The summed E-state index contributed by atoms with van der Waals surface area (Å²) in [5.41, 5.74) is 0. The molecule has 2 rings (SSSR count). The number of ether oxygens (including phenoxy) is 1. The third-order valence-corrected chi connectivity index (χ3v) is 2.53. The van der Waals surface area contributed by atoms with Gasteiger partial charge >= 0.3 is 0 Å². The van der Waals surface area contributed by atoms with E-state index in [1.807, 2.05) is 18.2 Å². The zero-order valence-electron chi connectivity index (χ0n) is 11.1. The summed E-state index contributed by atoms with van der Waals surface area (Å²) < 4.78 is 7.04. The first-order valence-electron chi connectivity index (χ1n) is 5.96. The van der Waals surface area contributed by atoms with Crippen LogP contribution in [-0.2, 0) is 11.8 Å². The van der Waals surface area contributed by atoms with E-state index in [9.17, 15) is 4.79 Å². The number of aryl methyl sites for hydroxylation is 2. The van der Waals surface area contributed by atoms with E-state index in [0.29, 0.717) is 17.5 Å². The van der Waals surface area contributed by atoms with E-state index >= 15 is 0 Å². The van der Waals surface area contributed by atoms with Crippen molar-refractivity contribution in [1.82, 2.24) is 14.8 Å². The predicted molar refractivity (Wildman–Crippen MR) is 70.9 cm³/mol. The highest BCUT2D eigenvalue weighted by Crippen LogP contribution is 2.11. The summed E-state index contributed by atoms with van der Waals surface area (Å²) in [4.78, 5) is 16.1. The number of para-hydroxylation sites is 1. The fourth-order valence-electron chi connectivity index (χ4n) is 1.59. The van der Waals surface area contributed by atoms with Crippen molar-refractivity contribution >= 4 is 11.9 Å². The van der Waals surface area contributed by atoms with Gasteiger partial charge in [-0.1, -0.05) is 18.2 Å². The van der Waals surface area contributed by atoms with Gasteiger partial charge in [-0.05, 0) is 26.0 Å². The Bertz CT molecular complexity index is 565. The molecule has 1 atom stereocenters. The number of nitrogens with one attached hydrogen (secondary N) is 1. The molecule has 0 saturated heterocycles. The number of benzene rings is 1. The fraction of sp³-hybridized carbons (Fsp3) is 0.308. The SMILES string of the molecule is Cc1nc(NC(=O)C(C)Oc2ccccc2)n(C)n1. The first-order valence-corrected chi connectivity index (χ1v) is 5.96. The maximum absolute atomic E-state index is 12.0. The molecule has 0 fully saturated rings. The second-order valence-electron chi connectivity index (χ2n) is 4.17. The molecule has 0 aliphatic rings. The van der Waals surface area contributed by atoms with Crippen LogP contribution in [0.2, 0.25) is 0 Å². The Kier molecular flexibility index (Phi) is 3.79. The quantitative estimate of drug-likeness (QED) is 0.905. The van der Waals surface area contributed by atoms with E-state index in [-0.39, 0.29) is 5.91 Å². The highest BCUT2D eigenvalue weighted by Gasteiger charge is 2.17. The predicted octanol–water partition coefficient (Wildman–Crippen LogP) is 1.53. The van der Waals surface area contributed by atoms with Crippen LogP contribution in [0.1, 0.15) is 12.7 Å². The minimum absolute atomic E-state index is 0.264. The van der Waals surface area contributed by atoms with Gasteiger partial charge in [0.15, 0.2) is 6.10 Å². The van der Waals surface area contributed by atoms with Crippen molar-refractivity contribution < 1.29 is 9.53 Å². The van der Waals surface area contributed by atoms with Crippen molar-refractivity contribution in [2.24, 2.45) is 7.05 Å². The van der Waals surface area contributed by atoms with Crippen molar-refractivity contribution in [2.45, 2.75) is 20.0 Å². The molecule has 6 heteroatoms. The topological polar surface area (TPSA) is 69.0 Å². The van der Waals surface area contributed by atoms with E-state index in [0.717, 1.165) is 0 Å². The molecular formula is C13H16N4O2. The number of carbonyl (C=O) groups excluding carboxylic acids is 1. The maximum atomic E-state index is 12.0. The third kappa shape index (κ3) is 3.31. The van der Waals surface area contributed by atoms with Crippen molar-refractivity contribution in [3.05, 3.63) is 36.2 Å². The number of nitrogens with zero attached hydrogens (tertiary/aromatic N) is 3. The summed E-state index contributed by atoms with van der Waals surface area (Å²) in [6.45, 7) is 3.45. The van der Waals surface area contributed by atoms with Crippen molar-refractivity contribution in [2.75, 3.05) is 5.32 Å². The molecule has 100 valence electrons. The Morgan fingerprint density at radius 1 is 1.37 bits per heavy atom. The molecule has 1 unspecified atom stereocenters. The summed E-state index contributed by atoms with van der Waals surface area (Å²) in [6.07, 6.45) is -0.612. The highest BCUT2D eigenvalue weighted by atomic mass is 16.5. The summed E-state index contributed by atoms with van der Waals surface area (Å²) in [7, 11) is 1.72. The Hall–Kier alpha value is -2.37. The van der Waals surface area contributed by atoms with Crippen LogP contribution in [0.4, 0.5) is 5.95 Å². The average molecular weight is 260 g/mol. The summed E-state index contributed by atoms with van der Waals surface area (Å²) in [5, 5.41) is 6.73. The molecule has 1 aromatic carbocycles. The Morgan fingerprint density at radius 3 is 2.63 bits per heavy atom. The van der Waals surface area contributed by atoms with E-state index in [2.05, 4.69) is 15.4 Å². The molecule has 0 saturated carbocycles. The van der Waals surface area contributed by atoms with Crippen LogP contribution < -0.4 is 10.1 Å². The molecule has 2 aromatic rings. The second-order valence-corrected chi connectivity index (χ2v) is 4.17. The average Bonchev–Trinajstić information content (AvgIpc) is 2.69. The van der Waals surface area contributed by atoms with Gasteiger partial charge in [-0.25, -0.2) is 4.68 Å². The van der Waals surface area contributed by atoms with Crippen molar-refractivity contribution in [3.8, 4) is 5.75 Å². The van der Waals surface area contributed by atoms with E-state index in [4.69, 9.17) is 4.74 Å². The van der Waals surface area contributed by atoms with Gasteiger partial charge in [0.1, 0.15) is 11.6 Å². The van der Waals surface area contributed by atoms with Crippen LogP contribution in [-0.4, -0.2) is 26.8 Å². The van der Waals surface area contributed by atoms with Gasteiger partial charge in [0.2, 0.25) is 5.95 Å². The number of carbonyl (C=O) groups is 1. The molecule has 0 spiro atoms. The number of amides is 1. The zero-order valence-corrected chi connectivity index (χ0v) is 11.1. The van der Waals surface area contributed by atoms with Crippen LogP contribution >= 0.6 is 0 Å². The lowest BCUT2D eigenvalue weighted by molar-refractivity contribution is -0.122. The number of rotatable bonds is 4. The second kappa shape index (κ2) is 5.51. The van der Waals surface area contributed by atoms with Gasteiger partial charge in [-0.15, -0.1) is 0 Å². The largest absolute Gasteiger partial charge is 0.481 e. The molecule has 0 radical (unpaired) electrons. The van der Waals surface area contributed by atoms with E-state index in [1.54, 1.807) is 33.0 Å². The van der Waals surface area contributed by atoms with Gasteiger partial charge in [0.25, 0.3) is 5.91 Å². The molecule has 0 bridgehead atoms. The lowest BCUT2D eigenvalue weighted by Crippen LogP contribution is -2.31. The van der Waals surface area contributed by atoms with Gasteiger partial charge in [-0.3, -0.25) is 10.1 Å². The summed E-state index contributed by atoms with van der Waals surface area (Å²) in [6, 6.07) is 9.20. The first-order chi connectivity index (χ1) is 9.06. The van der Waals surface area contributed by atoms with Crippen LogP contribution in [0.25, 0.3) is 0 Å². The molecule has 19 heavy (non-hydrogen) atoms. The zero-order chi connectivity index (χ0) is 13.8. The van der Waals surface area contributed by atoms with Crippen molar-refractivity contribution in [1.29, 1.82) is 0 Å². The summed E-state index contributed by atoms with van der Waals surface area (Å²) >= 11 is 0. The third-order valence-electron chi connectivity index (χ3n) is 2.53. The standard InChI is InChI=1S/C13H16N4O2/c1-9(19-11-7-5-4-6-8-11)12(18)15-13-14-10(2)16-17(13)3/h4-9H,1-3H3,(H,14,15,16,18). The van der Waals surface area contributed by atoms with Crippen LogP contribution in [0.5, 0.6) is 5.75 Å². The molecule has 1 N–H and O–H groups in total. The molecular weight excluding hydrogens is 244 g/mol. The Balaban J connectivity index is 1.98. The summed E-state index contributed by atoms with van der Waals surface area (Å²) in [5.74, 6) is 1.40. The Morgan fingerprint density at radius 2 is 2.05 bits per heavy atom. The smallest absolute Gasteiger partial charge is 0.267 e. The van der Waals surface area contributed by atoms with Gasteiger partial charge in [-0.2, -0.15) is 10.1 Å². The molecule has 0 aliphatic carbocycles. The van der Waals surface area contributed by atoms with E-state index in [1.165, 1.54) is 4.68 Å². The van der Waals surface area contributed by atoms with Crippen LogP contribution in [0.3, 0.4) is 0 Å². The minimum atomic E-state index is -0.612. The number of hydrogen-bond acceptors (Lipinski definition) is 4. The monoisotopic (exact) mass is 260 g/mol.